The standard InChI is InChI=1S/C13H10N2O5/c1-20-13(17)10-6-14-11(7-16)12(10)8-2-4-9(5-3-8)15(18)19/h2-7,14H,1H3. The highest BCUT2D eigenvalue weighted by Crippen LogP contribution is 2.29. The van der Waals surface area contributed by atoms with Crippen molar-refractivity contribution in [2.24, 2.45) is 0 Å². The molecule has 0 spiro atoms. The number of nitro benzene ring substituents is 1. The van der Waals surface area contributed by atoms with E-state index < -0.39 is 10.9 Å². The Morgan fingerprint density at radius 3 is 2.50 bits per heavy atom. The number of esters is 1. The summed E-state index contributed by atoms with van der Waals surface area (Å²) in [5.41, 5.74) is 1.21. The van der Waals surface area contributed by atoms with E-state index in [1.54, 1.807) is 0 Å². The van der Waals surface area contributed by atoms with Crippen LogP contribution in [0.25, 0.3) is 11.1 Å². The molecule has 0 fully saturated rings. The molecule has 7 nitrogen and oxygen atoms in total. The molecule has 7 heteroatoms. The van der Waals surface area contributed by atoms with Gasteiger partial charge in [0.05, 0.1) is 23.3 Å². The van der Waals surface area contributed by atoms with Gasteiger partial charge in [0, 0.05) is 23.9 Å². The number of nitro groups is 1. The second-order valence-electron chi connectivity index (χ2n) is 3.90. The fraction of sp³-hybridized carbons (Fsp3) is 0.0769. The van der Waals surface area contributed by atoms with Crippen molar-refractivity contribution >= 4 is 17.9 Å². The van der Waals surface area contributed by atoms with Crippen molar-refractivity contribution < 1.29 is 19.2 Å². The zero-order chi connectivity index (χ0) is 14.7. The Balaban J connectivity index is 2.55. The van der Waals surface area contributed by atoms with Gasteiger partial charge < -0.3 is 9.72 Å². The number of carbonyl (C=O) groups excluding carboxylic acids is 2. The van der Waals surface area contributed by atoms with Crippen LogP contribution in [-0.2, 0) is 4.74 Å². The monoisotopic (exact) mass is 274 g/mol. The van der Waals surface area contributed by atoms with E-state index in [0.717, 1.165) is 0 Å². The van der Waals surface area contributed by atoms with Gasteiger partial charge in [-0.3, -0.25) is 14.9 Å². The third-order valence-electron chi connectivity index (χ3n) is 2.80. The summed E-state index contributed by atoms with van der Waals surface area (Å²) in [6, 6.07) is 5.55. The number of rotatable bonds is 4. The molecule has 0 radical (unpaired) electrons. The second kappa shape index (κ2) is 5.35. The molecule has 1 aromatic carbocycles. The summed E-state index contributed by atoms with van der Waals surface area (Å²) in [5.74, 6) is -0.595. The van der Waals surface area contributed by atoms with Gasteiger partial charge in [-0.1, -0.05) is 0 Å². The molecule has 0 bridgehead atoms. The Labute approximate surface area is 113 Å². The minimum atomic E-state index is -0.595. The van der Waals surface area contributed by atoms with Crippen LogP contribution in [-0.4, -0.2) is 29.3 Å². The quantitative estimate of drug-likeness (QED) is 0.398. The van der Waals surface area contributed by atoms with Gasteiger partial charge in [-0.2, -0.15) is 0 Å². The summed E-state index contributed by atoms with van der Waals surface area (Å²) >= 11 is 0. The number of hydrogen-bond donors (Lipinski definition) is 1. The molecular formula is C13H10N2O5. The fourth-order valence-electron chi connectivity index (χ4n) is 1.86. The van der Waals surface area contributed by atoms with Crippen LogP contribution in [0.4, 0.5) is 5.69 Å². The number of hydrogen-bond acceptors (Lipinski definition) is 5. The molecule has 0 aliphatic heterocycles. The first-order valence-electron chi connectivity index (χ1n) is 5.58. The summed E-state index contributed by atoms with van der Waals surface area (Å²) < 4.78 is 4.64. The van der Waals surface area contributed by atoms with Crippen molar-refractivity contribution in [3.05, 3.63) is 51.8 Å². The van der Waals surface area contributed by atoms with Crippen LogP contribution in [0.3, 0.4) is 0 Å². The Morgan fingerprint density at radius 1 is 1.35 bits per heavy atom. The van der Waals surface area contributed by atoms with Gasteiger partial charge in [0.1, 0.15) is 0 Å². The van der Waals surface area contributed by atoms with Crippen molar-refractivity contribution in [1.82, 2.24) is 4.98 Å². The topological polar surface area (TPSA) is 102 Å². The lowest BCUT2D eigenvalue weighted by Crippen LogP contribution is -2.02. The van der Waals surface area contributed by atoms with E-state index in [0.29, 0.717) is 17.4 Å². The first-order chi connectivity index (χ1) is 9.58. The second-order valence-corrected chi connectivity index (χ2v) is 3.90. The number of aromatic nitrogens is 1. The molecule has 1 N–H and O–H groups in total. The number of nitrogens with one attached hydrogen (secondary N) is 1. The average Bonchev–Trinajstić information content (AvgIpc) is 2.90. The highest BCUT2D eigenvalue weighted by atomic mass is 16.6. The maximum absolute atomic E-state index is 11.6. The zero-order valence-corrected chi connectivity index (χ0v) is 10.5. The molecule has 0 saturated heterocycles. The van der Waals surface area contributed by atoms with Crippen molar-refractivity contribution in [1.29, 1.82) is 0 Å². The normalized spacial score (nSPS) is 10.1. The predicted molar refractivity (Wildman–Crippen MR) is 69.6 cm³/mol. The molecule has 2 aromatic rings. The first-order valence-corrected chi connectivity index (χ1v) is 5.58. The Kier molecular flexibility index (Phi) is 3.60. The SMILES string of the molecule is COC(=O)c1c[nH]c(C=O)c1-c1ccc([N+](=O)[O-])cc1. The molecule has 0 saturated carbocycles. The van der Waals surface area contributed by atoms with Gasteiger partial charge in [-0.05, 0) is 17.7 Å². The van der Waals surface area contributed by atoms with Crippen LogP contribution in [0.2, 0.25) is 0 Å². The lowest BCUT2D eigenvalue weighted by molar-refractivity contribution is -0.384. The number of aromatic amines is 1. The molecule has 0 atom stereocenters. The molecule has 0 unspecified atom stereocenters. The number of carbonyl (C=O) groups is 2. The molecule has 2 rings (SSSR count). The van der Waals surface area contributed by atoms with E-state index in [1.807, 2.05) is 0 Å². The molecule has 1 aromatic heterocycles. The van der Waals surface area contributed by atoms with E-state index in [1.165, 1.54) is 37.6 Å². The van der Waals surface area contributed by atoms with E-state index in [-0.39, 0.29) is 16.9 Å². The summed E-state index contributed by atoms with van der Waals surface area (Å²) in [6.45, 7) is 0. The van der Waals surface area contributed by atoms with Gasteiger partial charge in [-0.15, -0.1) is 0 Å². The van der Waals surface area contributed by atoms with Crippen molar-refractivity contribution in [3.8, 4) is 11.1 Å². The van der Waals surface area contributed by atoms with Gasteiger partial charge in [0.15, 0.2) is 6.29 Å². The predicted octanol–water partition coefficient (Wildman–Crippen LogP) is 2.19. The van der Waals surface area contributed by atoms with Gasteiger partial charge in [0.2, 0.25) is 0 Å². The van der Waals surface area contributed by atoms with Gasteiger partial charge in [-0.25, -0.2) is 4.79 Å². The number of benzene rings is 1. The lowest BCUT2D eigenvalue weighted by atomic mass is 10.0. The Hall–Kier alpha value is -2.96. The highest BCUT2D eigenvalue weighted by Gasteiger charge is 2.19. The molecule has 102 valence electrons. The molecule has 1 heterocycles. The third kappa shape index (κ3) is 2.28. The summed E-state index contributed by atoms with van der Waals surface area (Å²) in [4.78, 5) is 35.4. The van der Waals surface area contributed by atoms with E-state index in [9.17, 15) is 19.7 Å². The maximum atomic E-state index is 11.6. The van der Waals surface area contributed by atoms with E-state index in [2.05, 4.69) is 9.72 Å². The Bertz CT molecular complexity index is 673. The Morgan fingerprint density at radius 2 is 2.00 bits per heavy atom. The zero-order valence-electron chi connectivity index (χ0n) is 10.5. The van der Waals surface area contributed by atoms with Crippen molar-refractivity contribution in [3.63, 3.8) is 0 Å². The summed E-state index contributed by atoms with van der Waals surface area (Å²) in [5, 5.41) is 10.6. The highest BCUT2D eigenvalue weighted by molar-refractivity contribution is 6.02. The number of aldehydes is 1. The van der Waals surface area contributed by atoms with Crippen molar-refractivity contribution in [2.45, 2.75) is 0 Å². The smallest absolute Gasteiger partial charge is 0.340 e. The number of nitrogens with zero attached hydrogens (tertiary/aromatic N) is 1. The molecule has 0 aliphatic carbocycles. The fourth-order valence-corrected chi connectivity index (χ4v) is 1.86. The summed E-state index contributed by atoms with van der Waals surface area (Å²) in [6.07, 6.45) is 1.94. The third-order valence-corrected chi connectivity index (χ3v) is 2.80. The van der Waals surface area contributed by atoms with E-state index in [4.69, 9.17) is 0 Å². The number of methoxy groups -OCH3 is 1. The van der Waals surface area contributed by atoms with Crippen LogP contribution in [0.5, 0.6) is 0 Å². The number of ether oxygens (including phenoxy) is 1. The maximum Gasteiger partial charge on any atom is 0.340 e. The minimum absolute atomic E-state index is 0.0726. The van der Waals surface area contributed by atoms with Crippen LogP contribution in [0.1, 0.15) is 20.8 Å². The van der Waals surface area contributed by atoms with Crippen LogP contribution in [0, 0.1) is 10.1 Å². The lowest BCUT2D eigenvalue weighted by Gasteiger charge is -2.04. The molecule has 20 heavy (non-hydrogen) atoms. The average molecular weight is 274 g/mol. The van der Waals surface area contributed by atoms with Crippen LogP contribution >= 0.6 is 0 Å². The largest absolute Gasteiger partial charge is 0.465 e. The molecule has 0 aliphatic rings. The number of non-ortho nitro benzene ring substituents is 1. The van der Waals surface area contributed by atoms with Gasteiger partial charge in [0.25, 0.3) is 5.69 Å². The molecule has 0 amide bonds. The van der Waals surface area contributed by atoms with Crippen molar-refractivity contribution in [2.75, 3.05) is 7.11 Å². The number of H-pyrrole nitrogens is 1. The van der Waals surface area contributed by atoms with Gasteiger partial charge >= 0.3 is 5.97 Å². The van der Waals surface area contributed by atoms with Crippen LogP contribution in [0.15, 0.2) is 30.5 Å². The molecular weight excluding hydrogens is 264 g/mol. The minimum Gasteiger partial charge on any atom is -0.465 e. The first kappa shape index (κ1) is 13.5. The van der Waals surface area contributed by atoms with E-state index >= 15 is 0 Å². The summed E-state index contributed by atoms with van der Waals surface area (Å²) in [7, 11) is 1.23. The van der Waals surface area contributed by atoms with Crippen LogP contribution < -0.4 is 0 Å².